The second-order valence-electron chi connectivity index (χ2n) is 4.49. The number of methoxy groups -OCH3 is 1. The molecule has 1 aromatic rings. The second kappa shape index (κ2) is 8.50. The molecule has 1 amide bonds. The van der Waals surface area contributed by atoms with Gasteiger partial charge in [-0.25, -0.2) is 0 Å². The first kappa shape index (κ1) is 16.4. The molecule has 0 spiro atoms. The van der Waals surface area contributed by atoms with Gasteiger partial charge >= 0.3 is 123 Å². The molecule has 0 aromatic heterocycles. The fourth-order valence-corrected chi connectivity index (χ4v) is 2.78. The fourth-order valence-electron chi connectivity index (χ4n) is 1.58. The molecule has 0 heterocycles. The zero-order valence-corrected chi connectivity index (χ0v) is 14.2. The molecule has 0 atom stereocenters. The average molecular weight is 378 g/mol. The molecule has 4 nitrogen and oxygen atoms in total. The first-order chi connectivity index (χ1) is 9.04. The minimum atomic E-state index is -0.933. The number of amides is 1. The van der Waals surface area contributed by atoms with Crippen LogP contribution in [0.4, 0.5) is 0 Å². The van der Waals surface area contributed by atoms with Crippen LogP contribution in [0.25, 0.3) is 0 Å². The summed E-state index contributed by atoms with van der Waals surface area (Å²) in [5.41, 5.74) is 1.91. The summed E-state index contributed by atoms with van der Waals surface area (Å²) in [5, 5.41) is 0. The number of nitrogens with zero attached hydrogens (tertiary/aromatic N) is 1. The molecule has 0 unspecified atom stereocenters. The number of likely N-dealkylation sites (N-methyl/N-ethyl adjacent to an activating group) is 1. The van der Waals surface area contributed by atoms with E-state index in [1.54, 1.807) is 19.1 Å². The second-order valence-corrected chi connectivity index (χ2v) is 9.56. The molecular formula is C14H23IN2O2. The van der Waals surface area contributed by atoms with E-state index in [0.29, 0.717) is 13.2 Å². The zero-order chi connectivity index (χ0) is 14.3. The van der Waals surface area contributed by atoms with Gasteiger partial charge in [0.1, 0.15) is 0 Å². The van der Waals surface area contributed by atoms with E-state index in [1.165, 1.54) is 0 Å². The molecule has 0 aliphatic rings. The third-order valence-electron chi connectivity index (χ3n) is 2.69. The van der Waals surface area contributed by atoms with E-state index in [0.717, 1.165) is 17.7 Å². The quantitative estimate of drug-likeness (QED) is 0.449. The van der Waals surface area contributed by atoms with Crippen molar-refractivity contribution in [2.45, 2.75) is 6.54 Å². The van der Waals surface area contributed by atoms with Gasteiger partial charge in [-0.1, -0.05) is 0 Å². The van der Waals surface area contributed by atoms with Crippen LogP contribution in [0.1, 0.15) is 15.9 Å². The van der Waals surface area contributed by atoms with E-state index in [1.807, 2.05) is 18.2 Å². The maximum atomic E-state index is 12.2. The molecule has 0 saturated heterocycles. The summed E-state index contributed by atoms with van der Waals surface area (Å²) < 4.78 is 8.49. The summed E-state index contributed by atoms with van der Waals surface area (Å²) >= 11 is -0.933. The van der Waals surface area contributed by atoms with Crippen LogP contribution in [0, 0.1) is 0 Å². The molecule has 0 fully saturated rings. The van der Waals surface area contributed by atoms with Crippen molar-refractivity contribution in [3.05, 3.63) is 35.4 Å². The standard InChI is InChI=1S/C14H23IN2O2/c1-15(2)16-11-12-6-5-7-13(10-12)14(18)17(3)8-9-19-4/h5-7,10,16H,8-9,11H2,1-4H3. The molecule has 19 heavy (non-hydrogen) atoms. The van der Waals surface area contributed by atoms with Crippen LogP contribution >= 0.6 is 20.1 Å². The van der Waals surface area contributed by atoms with Gasteiger partial charge in [-0.2, -0.15) is 0 Å². The van der Waals surface area contributed by atoms with Crippen molar-refractivity contribution in [2.24, 2.45) is 0 Å². The van der Waals surface area contributed by atoms with E-state index < -0.39 is 20.1 Å². The summed E-state index contributed by atoms with van der Waals surface area (Å²) in [6.45, 7) is 2.02. The number of benzene rings is 1. The van der Waals surface area contributed by atoms with Crippen LogP contribution in [0.3, 0.4) is 0 Å². The number of carbonyl (C=O) groups is 1. The summed E-state index contributed by atoms with van der Waals surface area (Å²) in [6, 6.07) is 7.83. The number of hydrogen-bond donors (Lipinski definition) is 1. The van der Waals surface area contributed by atoms with Gasteiger partial charge in [0.25, 0.3) is 0 Å². The van der Waals surface area contributed by atoms with Crippen LogP contribution in [0.2, 0.25) is 0 Å². The number of alkyl halides is 2. The number of halogens is 1. The van der Waals surface area contributed by atoms with Gasteiger partial charge in [0.15, 0.2) is 0 Å². The molecule has 108 valence electrons. The van der Waals surface area contributed by atoms with E-state index in [4.69, 9.17) is 4.74 Å². The molecular weight excluding hydrogens is 355 g/mol. The molecule has 0 radical (unpaired) electrons. The molecule has 0 saturated carbocycles. The maximum absolute atomic E-state index is 12.2. The summed E-state index contributed by atoms with van der Waals surface area (Å²) in [6.07, 6.45) is 0. The topological polar surface area (TPSA) is 41.6 Å². The van der Waals surface area contributed by atoms with Crippen molar-refractivity contribution < 1.29 is 9.53 Å². The average Bonchev–Trinajstić information content (AvgIpc) is 2.42. The van der Waals surface area contributed by atoms with Gasteiger partial charge < -0.3 is 0 Å². The third-order valence-corrected chi connectivity index (χ3v) is 4.60. The van der Waals surface area contributed by atoms with Crippen molar-refractivity contribution in [3.63, 3.8) is 0 Å². The SMILES string of the molecule is COCCN(C)C(=O)c1cccc(CNI(C)C)c1. The number of ether oxygens (including phenoxy) is 1. The number of hydrogen-bond acceptors (Lipinski definition) is 3. The summed E-state index contributed by atoms with van der Waals surface area (Å²) in [5.74, 6) is 0.0438. The Labute approximate surface area is 123 Å². The van der Waals surface area contributed by atoms with E-state index in [-0.39, 0.29) is 5.91 Å². The molecule has 1 aromatic carbocycles. The Hall–Kier alpha value is -0.660. The normalized spacial score (nSPS) is 11.3. The minimum absolute atomic E-state index is 0.0438. The van der Waals surface area contributed by atoms with Gasteiger partial charge in [-0.05, 0) is 0 Å². The molecule has 5 heteroatoms. The molecule has 1 rings (SSSR count). The number of carbonyl (C=O) groups excluding carboxylic acids is 1. The van der Waals surface area contributed by atoms with Gasteiger partial charge in [0.05, 0.1) is 0 Å². The summed E-state index contributed by atoms with van der Waals surface area (Å²) in [4.78, 5) is 18.4. The van der Waals surface area contributed by atoms with E-state index in [2.05, 4.69) is 19.5 Å². The van der Waals surface area contributed by atoms with Crippen LogP contribution in [-0.4, -0.2) is 48.0 Å². The molecule has 1 N–H and O–H groups in total. The van der Waals surface area contributed by atoms with Gasteiger partial charge in [0, 0.05) is 0 Å². The van der Waals surface area contributed by atoms with Crippen LogP contribution < -0.4 is 3.53 Å². The van der Waals surface area contributed by atoms with Crippen LogP contribution in [-0.2, 0) is 11.3 Å². The Bertz CT molecular complexity index is 410. The van der Waals surface area contributed by atoms with Crippen LogP contribution in [0.15, 0.2) is 24.3 Å². The summed E-state index contributed by atoms with van der Waals surface area (Å²) in [7, 11) is 3.44. The van der Waals surface area contributed by atoms with Gasteiger partial charge in [0.2, 0.25) is 0 Å². The number of nitrogens with one attached hydrogen (secondary N) is 1. The Kier molecular flexibility index (Phi) is 7.33. The van der Waals surface area contributed by atoms with Crippen molar-refractivity contribution >= 4 is 26.0 Å². The number of rotatable bonds is 7. The van der Waals surface area contributed by atoms with Crippen molar-refractivity contribution in [3.8, 4) is 0 Å². The first-order valence-corrected chi connectivity index (χ1v) is 11.5. The van der Waals surface area contributed by atoms with Crippen LogP contribution in [0.5, 0.6) is 0 Å². The Morgan fingerprint density at radius 1 is 1.42 bits per heavy atom. The van der Waals surface area contributed by atoms with Gasteiger partial charge in [-0.3, -0.25) is 0 Å². The van der Waals surface area contributed by atoms with E-state index >= 15 is 0 Å². The van der Waals surface area contributed by atoms with E-state index in [9.17, 15) is 4.79 Å². The Morgan fingerprint density at radius 2 is 2.16 bits per heavy atom. The first-order valence-electron chi connectivity index (χ1n) is 6.11. The molecule has 0 bridgehead atoms. The monoisotopic (exact) mass is 378 g/mol. The Morgan fingerprint density at radius 3 is 2.79 bits per heavy atom. The van der Waals surface area contributed by atoms with Crippen molar-refractivity contribution in [1.29, 1.82) is 0 Å². The zero-order valence-electron chi connectivity index (χ0n) is 12.1. The predicted molar refractivity (Wildman–Crippen MR) is 88.0 cm³/mol. The Balaban J connectivity index is 2.67. The van der Waals surface area contributed by atoms with Crippen molar-refractivity contribution in [2.75, 3.05) is 37.2 Å². The third kappa shape index (κ3) is 5.88. The van der Waals surface area contributed by atoms with Crippen molar-refractivity contribution in [1.82, 2.24) is 8.43 Å². The molecule has 0 aliphatic heterocycles. The molecule has 0 aliphatic carbocycles. The van der Waals surface area contributed by atoms with Gasteiger partial charge in [-0.15, -0.1) is 0 Å². The fraction of sp³-hybridized carbons (Fsp3) is 0.500. The predicted octanol–water partition coefficient (Wildman–Crippen LogP) is 2.18.